The predicted molar refractivity (Wildman–Crippen MR) is 153 cm³/mol. The van der Waals surface area contributed by atoms with Crippen molar-refractivity contribution in [1.29, 1.82) is 0 Å². The van der Waals surface area contributed by atoms with Gasteiger partial charge >= 0.3 is 6.09 Å². The first kappa shape index (κ1) is 25.7. The summed E-state index contributed by atoms with van der Waals surface area (Å²) in [6.07, 6.45) is 3.44. The SMILES string of the molecule is CN(C)C(=O)O[C@H]1CN[C@@H](C#Cc2cc3ncnc(Nc4ccc5c(cnn5Cc5cccc(F)c5)c4)c3s2)C1. The van der Waals surface area contributed by atoms with Gasteiger partial charge in [0.15, 0.2) is 5.82 Å². The number of carbonyl (C=O) groups excluding carboxylic acids is 1. The van der Waals surface area contributed by atoms with E-state index < -0.39 is 0 Å². The lowest BCUT2D eigenvalue weighted by molar-refractivity contribution is 0.0826. The van der Waals surface area contributed by atoms with Gasteiger partial charge in [-0.15, -0.1) is 11.3 Å². The van der Waals surface area contributed by atoms with E-state index in [2.05, 4.69) is 37.5 Å². The maximum atomic E-state index is 13.6. The van der Waals surface area contributed by atoms with Gasteiger partial charge in [0.25, 0.3) is 0 Å². The molecule has 0 aliphatic carbocycles. The first-order valence-corrected chi connectivity index (χ1v) is 13.6. The zero-order valence-electron chi connectivity index (χ0n) is 21.9. The summed E-state index contributed by atoms with van der Waals surface area (Å²) in [7, 11) is 3.33. The number of fused-ring (bicyclic) bond motifs is 2. The van der Waals surface area contributed by atoms with Crippen LogP contribution in [0.2, 0.25) is 0 Å². The maximum Gasteiger partial charge on any atom is 0.409 e. The number of amides is 1. The molecule has 5 aromatic rings. The van der Waals surface area contributed by atoms with Crippen LogP contribution in [-0.4, -0.2) is 63.5 Å². The molecule has 4 heterocycles. The number of nitrogens with one attached hydrogen (secondary N) is 2. The van der Waals surface area contributed by atoms with E-state index in [1.165, 1.54) is 34.7 Å². The van der Waals surface area contributed by atoms with Gasteiger partial charge in [0.05, 0.1) is 39.4 Å². The van der Waals surface area contributed by atoms with E-state index in [9.17, 15) is 9.18 Å². The Bertz CT molecular complexity index is 1770. The van der Waals surface area contributed by atoms with Crippen LogP contribution >= 0.6 is 11.3 Å². The van der Waals surface area contributed by atoms with Crippen molar-refractivity contribution >= 4 is 50.1 Å². The van der Waals surface area contributed by atoms with Crippen LogP contribution in [0.5, 0.6) is 0 Å². The molecule has 2 aromatic carbocycles. The molecule has 1 aliphatic heterocycles. The summed E-state index contributed by atoms with van der Waals surface area (Å²) in [6, 6.07) is 14.4. The third-order valence-corrected chi connectivity index (χ3v) is 7.58. The Hall–Kier alpha value is -4.53. The van der Waals surface area contributed by atoms with Gasteiger partial charge in [-0.1, -0.05) is 24.0 Å². The summed E-state index contributed by atoms with van der Waals surface area (Å²) < 4.78 is 21.8. The van der Waals surface area contributed by atoms with E-state index in [0.29, 0.717) is 25.3 Å². The number of thiophene rings is 1. The molecule has 1 aliphatic rings. The van der Waals surface area contributed by atoms with Crippen molar-refractivity contribution in [1.82, 2.24) is 30.0 Å². The number of halogens is 1. The molecule has 1 saturated heterocycles. The molecule has 0 spiro atoms. The molecule has 9 nitrogen and oxygen atoms in total. The summed E-state index contributed by atoms with van der Waals surface area (Å²) in [5.74, 6) is 6.93. The molecule has 11 heteroatoms. The van der Waals surface area contributed by atoms with Crippen LogP contribution in [0.15, 0.2) is 61.1 Å². The fourth-order valence-corrected chi connectivity index (χ4v) is 5.47. The first-order valence-electron chi connectivity index (χ1n) is 12.8. The van der Waals surface area contributed by atoms with E-state index in [0.717, 1.165) is 37.2 Å². The summed E-state index contributed by atoms with van der Waals surface area (Å²) >= 11 is 1.52. The fourth-order valence-electron chi connectivity index (χ4n) is 4.55. The second-order valence-corrected chi connectivity index (χ2v) is 10.8. The Morgan fingerprint density at radius 3 is 3.00 bits per heavy atom. The highest BCUT2D eigenvalue weighted by atomic mass is 32.1. The largest absolute Gasteiger partial charge is 0.445 e. The van der Waals surface area contributed by atoms with E-state index in [-0.39, 0.29) is 24.1 Å². The molecule has 1 amide bonds. The van der Waals surface area contributed by atoms with Gasteiger partial charge in [0, 0.05) is 38.1 Å². The smallest absolute Gasteiger partial charge is 0.409 e. The highest BCUT2D eigenvalue weighted by Crippen LogP contribution is 2.31. The number of aromatic nitrogens is 4. The molecular weight excluding hydrogens is 529 g/mol. The molecule has 0 bridgehead atoms. The number of benzene rings is 2. The monoisotopic (exact) mass is 555 g/mol. The Kier molecular flexibility index (Phi) is 7.02. The van der Waals surface area contributed by atoms with Gasteiger partial charge in [-0.2, -0.15) is 5.10 Å². The molecule has 0 unspecified atom stereocenters. The number of rotatable bonds is 5. The summed E-state index contributed by atoms with van der Waals surface area (Å²) in [4.78, 5) is 23.0. The maximum absolute atomic E-state index is 13.6. The van der Waals surface area contributed by atoms with E-state index in [4.69, 9.17) is 4.74 Å². The first-order chi connectivity index (χ1) is 19.4. The molecular formula is C29H26FN7O2S. The average Bonchev–Trinajstić information content (AvgIpc) is 3.66. The quantitative estimate of drug-likeness (QED) is 0.302. The van der Waals surface area contributed by atoms with E-state index in [1.54, 1.807) is 26.4 Å². The molecule has 1 fully saturated rings. The molecule has 2 atom stereocenters. The van der Waals surface area contributed by atoms with Gasteiger partial charge in [-0.25, -0.2) is 19.2 Å². The average molecular weight is 556 g/mol. The van der Waals surface area contributed by atoms with Crippen LogP contribution in [0.1, 0.15) is 16.9 Å². The van der Waals surface area contributed by atoms with Crippen LogP contribution in [0, 0.1) is 17.7 Å². The van der Waals surface area contributed by atoms with Crippen molar-refractivity contribution in [3.05, 3.63) is 77.3 Å². The van der Waals surface area contributed by atoms with Crippen molar-refractivity contribution < 1.29 is 13.9 Å². The Morgan fingerprint density at radius 2 is 2.15 bits per heavy atom. The Morgan fingerprint density at radius 1 is 1.25 bits per heavy atom. The summed E-state index contributed by atoms with van der Waals surface area (Å²) in [6.45, 7) is 1.07. The minimum absolute atomic E-state index is 0.0533. The number of carbonyl (C=O) groups is 1. The minimum Gasteiger partial charge on any atom is -0.445 e. The van der Waals surface area contributed by atoms with Gasteiger partial charge in [0.1, 0.15) is 18.2 Å². The van der Waals surface area contributed by atoms with Gasteiger partial charge in [-0.3, -0.25) is 10.00 Å². The number of anilines is 2. The van der Waals surface area contributed by atoms with Crippen LogP contribution in [-0.2, 0) is 11.3 Å². The highest BCUT2D eigenvalue weighted by Gasteiger charge is 2.26. The van der Waals surface area contributed by atoms with E-state index >= 15 is 0 Å². The van der Waals surface area contributed by atoms with Crippen molar-refractivity contribution in [3.8, 4) is 11.8 Å². The van der Waals surface area contributed by atoms with Crippen molar-refractivity contribution in [2.75, 3.05) is 26.0 Å². The van der Waals surface area contributed by atoms with Crippen LogP contribution in [0.4, 0.5) is 20.7 Å². The number of ether oxygens (including phenoxy) is 1. The molecule has 3 aromatic heterocycles. The molecule has 40 heavy (non-hydrogen) atoms. The summed E-state index contributed by atoms with van der Waals surface area (Å²) in [5.41, 5.74) is 3.49. The third kappa shape index (κ3) is 5.59. The zero-order valence-corrected chi connectivity index (χ0v) is 22.7. The lowest BCUT2D eigenvalue weighted by Crippen LogP contribution is -2.29. The topological polar surface area (TPSA) is 97.2 Å². The standard InChI is InChI=1S/C29H26FN7O2S/c1-36(2)29(38)39-23-12-21(31-15-23)6-8-24-13-25-27(40-24)28(33-17-32-25)35-22-7-9-26-19(11-22)14-34-37(26)16-18-4-3-5-20(30)10-18/h3-5,7,9-11,13-14,17,21,23,31H,12,15-16H2,1-2H3,(H,32,33,35)/t21-,23+/m0/s1. The van der Waals surface area contributed by atoms with E-state index in [1.807, 2.05) is 35.0 Å². The minimum atomic E-state index is -0.347. The Balaban J connectivity index is 1.16. The van der Waals surface area contributed by atoms with Crippen molar-refractivity contribution in [2.45, 2.75) is 25.1 Å². The normalized spacial score (nSPS) is 16.6. The molecule has 6 rings (SSSR count). The number of hydrogen-bond acceptors (Lipinski definition) is 8. The van der Waals surface area contributed by atoms with Crippen LogP contribution < -0.4 is 10.6 Å². The molecule has 2 N–H and O–H groups in total. The van der Waals surface area contributed by atoms with Crippen molar-refractivity contribution in [2.24, 2.45) is 0 Å². The highest BCUT2D eigenvalue weighted by molar-refractivity contribution is 7.20. The molecule has 202 valence electrons. The van der Waals surface area contributed by atoms with Crippen LogP contribution in [0.25, 0.3) is 21.1 Å². The van der Waals surface area contributed by atoms with Crippen LogP contribution in [0.3, 0.4) is 0 Å². The third-order valence-electron chi connectivity index (χ3n) is 6.53. The molecule has 0 saturated carbocycles. The fraction of sp³-hybridized carbons (Fsp3) is 0.241. The lowest BCUT2D eigenvalue weighted by Gasteiger charge is -2.15. The predicted octanol–water partition coefficient (Wildman–Crippen LogP) is 4.75. The second kappa shape index (κ2) is 10.9. The van der Waals surface area contributed by atoms with Gasteiger partial charge in [-0.05, 0) is 42.0 Å². The Labute approximate surface area is 234 Å². The zero-order chi connectivity index (χ0) is 27.6. The molecule has 0 radical (unpaired) electrons. The second-order valence-electron chi connectivity index (χ2n) is 9.74. The van der Waals surface area contributed by atoms with Gasteiger partial charge < -0.3 is 15.0 Å². The lowest BCUT2D eigenvalue weighted by atomic mass is 10.2. The van der Waals surface area contributed by atoms with Crippen molar-refractivity contribution in [3.63, 3.8) is 0 Å². The van der Waals surface area contributed by atoms with Gasteiger partial charge in [0.2, 0.25) is 0 Å². The summed E-state index contributed by atoms with van der Waals surface area (Å²) in [5, 5.41) is 12.2. The number of hydrogen-bond donors (Lipinski definition) is 2. The number of nitrogens with zero attached hydrogens (tertiary/aromatic N) is 5.